The third-order valence-electron chi connectivity index (χ3n) is 7.33. The number of carbonyl (C=O) groups is 4. The molecule has 2 aliphatic rings. The molecule has 2 aromatic carbocycles. The Balaban J connectivity index is 1.48. The molecular weight excluding hydrogens is 570 g/mol. The fraction of sp³-hybridized carbons (Fsp3) is 0.500. The van der Waals surface area contributed by atoms with Crippen molar-refractivity contribution in [2.75, 3.05) is 45.8 Å². The summed E-state index contributed by atoms with van der Waals surface area (Å²) in [6.07, 6.45) is -1.73. The molecule has 2 fully saturated rings. The Morgan fingerprint density at radius 3 is 2.34 bits per heavy atom. The first kappa shape index (κ1) is 32.6. The lowest BCUT2D eigenvalue weighted by Crippen LogP contribution is -2.59. The maximum absolute atomic E-state index is 13.8. The van der Waals surface area contributed by atoms with Gasteiger partial charge in [0.1, 0.15) is 11.7 Å². The van der Waals surface area contributed by atoms with E-state index in [1.165, 1.54) is 0 Å². The summed E-state index contributed by atoms with van der Waals surface area (Å²) in [5, 5.41) is 2.76. The van der Waals surface area contributed by atoms with Crippen LogP contribution in [-0.4, -0.2) is 98.0 Å². The summed E-state index contributed by atoms with van der Waals surface area (Å²) in [7, 11) is 3.13. The van der Waals surface area contributed by atoms with Gasteiger partial charge in [0.25, 0.3) is 5.91 Å². The highest BCUT2D eigenvalue weighted by atomic mass is 16.6. The maximum atomic E-state index is 13.8. The number of amides is 3. The van der Waals surface area contributed by atoms with E-state index in [2.05, 4.69) is 5.32 Å². The molecule has 0 aromatic heterocycles. The van der Waals surface area contributed by atoms with E-state index in [0.717, 1.165) is 5.56 Å². The van der Waals surface area contributed by atoms with Crippen molar-refractivity contribution in [2.45, 2.75) is 64.4 Å². The zero-order chi connectivity index (χ0) is 32.0. The highest BCUT2D eigenvalue weighted by Gasteiger charge is 2.49. The number of anilines is 1. The van der Waals surface area contributed by atoms with E-state index >= 15 is 0 Å². The molecule has 238 valence electrons. The molecule has 0 aliphatic carbocycles. The van der Waals surface area contributed by atoms with Crippen LogP contribution in [0.5, 0.6) is 11.5 Å². The smallest absolute Gasteiger partial charge is 0.410 e. The molecule has 0 spiro atoms. The van der Waals surface area contributed by atoms with Gasteiger partial charge >= 0.3 is 12.1 Å². The number of esters is 1. The van der Waals surface area contributed by atoms with Crippen molar-refractivity contribution in [1.82, 2.24) is 9.80 Å². The van der Waals surface area contributed by atoms with Gasteiger partial charge in [0.15, 0.2) is 11.5 Å². The van der Waals surface area contributed by atoms with Gasteiger partial charge in [-0.15, -0.1) is 0 Å². The van der Waals surface area contributed by atoms with Gasteiger partial charge in [-0.25, -0.2) is 9.59 Å². The molecule has 2 aliphatic heterocycles. The Morgan fingerprint density at radius 1 is 1.00 bits per heavy atom. The molecule has 1 N–H and O–H groups in total. The second-order valence-electron chi connectivity index (χ2n) is 11.6. The highest BCUT2D eigenvalue weighted by Crippen LogP contribution is 2.31. The minimum absolute atomic E-state index is 0.221. The zero-order valence-corrected chi connectivity index (χ0v) is 26.1. The molecule has 0 radical (unpaired) electrons. The molecule has 2 aromatic rings. The molecule has 12 nitrogen and oxygen atoms in total. The Kier molecular flexibility index (Phi) is 10.4. The number of benzene rings is 2. The largest absolute Gasteiger partial charge is 0.493 e. The standard InChI is InChI=1S/C32H41N3O9/c1-7-42-30(38)21-9-11-22(12-10-21)33-28(36)17-26-29(37)35(15-14-20-8-13-24(40-5)25(16-20)41-6)23-18-34(19-27(23)43-26)31(39)44-32(2,3)4/h8-13,16,23,26-27H,7,14-15,17-19H2,1-6H3,(H,33,36). The van der Waals surface area contributed by atoms with Crippen LogP contribution in [0, 0.1) is 0 Å². The third kappa shape index (κ3) is 7.98. The molecule has 3 atom stereocenters. The molecule has 44 heavy (non-hydrogen) atoms. The number of morpholine rings is 1. The van der Waals surface area contributed by atoms with E-state index in [4.69, 9.17) is 23.7 Å². The van der Waals surface area contributed by atoms with Crippen molar-refractivity contribution < 1.29 is 42.9 Å². The van der Waals surface area contributed by atoms with E-state index < -0.39 is 41.8 Å². The lowest BCUT2D eigenvalue weighted by molar-refractivity contribution is -0.168. The SMILES string of the molecule is CCOC(=O)c1ccc(NC(=O)CC2OC3CN(C(=O)OC(C)(C)C)CC3N(CCc3ccc(OC)c(OC)c3)C2=O)cc1. The monoisotopic (exact) mass is 611 g/mol. The normalized spacial score (nSPS) is 19.7. The lowest BCUT2D eigenvalue weighted by Gasteiger charge is -2.40. The van der Waals surface area contributed by atoms with E-state index in [1.807, 2.05) is 18.2 Å². The number of ether oxygens (including phenoxy) is 5. The molecule has 4 rings (SSSR count). The summed E-state index contributed by atoms with van der Waals surface area (Å²) in [6.45, 7) is 8.19. The van der Waals surface area contributed by atoms with Gasteiger partial charge in [-0.3, -0.25) is 9.59 Å². The predicted octanol–water partition coefficient (Wildman–Crippen LogP) is 3.67. The number of rotatable bonds is 10. The number of hydrogen-bond acceptors (Lipinski definition) is 9. The first-order valence-corrected chi connectivity index (χ1v) is 14.6. The summed E-state index contributed by atoms with van der Waals surface area (Å²) in [6, 6.07) is 11.5. The average molecular weight is 612 g/mol. The fourth-order valence-electron chi connectivity index (χ4n) is 5.26. The van der Waals surface area contributed by atoms with E-state index in [-0.39, 0.29) is 32.0 Å². The number of fused-ring (bicyclic) bond motifs is 1. The highest BCUT2D eigenvalue weighted by molar-refractivity contribution is 5.96. The second-order valence-corrected chi connectivity index (χ2v) is 11.6. The van der Waals surface area contributed by atoms with Crippen molar-refractivity contribution in [2.24, 2.45) is 0 Å². The van der Waals surface area contributed by atoms with Gasteiger partial charge in [0.2, 0.25) is 5.91 Å². The predicted molar refractivity (Wildman–Crippen MR) is 161 cm³/mol. The Morgan fingerprint density at radius 2 is 1.70 bits per heavy atom. The summed E-state index contributed by atoms with van der Waals surface area (Å²) in [4.78, 5) is 54.9. The van der Waals surface area contributed by atoms with Crippen LogP contribution >= 0.6 is 0 Å². The Hall–Kier alpha value is -4.32. The summed E-state index contributed by atoms with van der Waals surface area (Å²) in [5.74, 6) is -0.0217. The first-order chi connectivity index (χ1) is 20.9. The van der Waals surface area contributed by atoms with E-state index in [0.29, 0.717) is 35.7 Å². The maximum Gasteiger partial charge on any atom is 0.410 e. The first-order valence-electron chi connectivity index (χ1n) is 14.6. The number of likely N-dealkylation sites (tertiary alicyclic amines) is 1. The number of nitrogens with zero attached hydrogens (tertiary/aromatic N) is 2. The summed E-state index contributed by atoms with van der Waals surface area (Å²) in [5.41, 5.74) is 1.08. The van der Waals surface area contributed by atoms with Crippen molar-refractivity contribution >= 4 is 29.6 Å². The Labute approximate surface area is 257 Å². The summed E-state index contributed by atoms with van der Waals surface area (Å²) < 4.78 is 27.5. The number of carbonyl (C=O) groups excluding carboxylic acids is 4. The molecule has 0 saturated carbocycles. The van der Waals surface area contributed by atoms with Gasteiger partial charge in [-0.2, -0.15) is 0 Å². The number of hydrogen-bond donors (Lipinski definition) is 1. The zero-order valence-electron chi connectivity index (χ0n) is 26.1. The van der Waals surface area contributed by atoms with Gasteiger partial charge in [0.05, 0.1) is 51.5 Å². The van der Waals surface area contributed by atoms with Crippen molar-refractivity contribution in [3.63, 3.8) is 0 Å². The molecule has 2 heterocycles. The van der Waals surface area contributed by atoms with Crippen molar-refractivity contribution in [1.29, 1.82) is 0 Å². The topological polar surface area (TPSA) is 133 Å². The van der Waals surface area contributed by atoms with Crippen molar-refractivity contribution in [3.8, 4) is 11.5 Å². The molecule has 0 bridgehead atoms. The van der Waals surface area contributed by atoms with Gasteiger partial charge in [0, 0.05) is 18.8 Å². The third-order valence-corrected chi connectivity index (χ3v) is 7.33. The minimum atomic E-state index is -1.04. The molecular formula is C32H41N3O9. The summed E-state index contributed by atoms with van der Waals surface area (Å²) >= 11 is 0. The van der Waals surface area contributed by atoms with Crippen LogP contribution in [0.4, 0.5) is 10.5 Å². The van der Waals surface area contributed by atoms with E-state index in [9.17, 15) is 19.2 Å². The molecule has 2 saturated heterocycles. The fourth-order valence-corrected chi connectivity index (χ4v) is 5.26. The number of methoxy groups -OCH3 is 2. The average Bonchev–Trinajstić information content (AvgIpc) is 3.40. The van der Waals surface area contributed by atoms with Gasteiger partial charge in [-0.1, -0.05) is 6.07 Å². The van der Waals surface area contributed by atoms with Gasteiger partial charge < -0.3 is 38.8 Å². The van der Waals surface area contributed by atoms with Crippen LogP contribution in [0.3, 0.4) is 0 Å². The van der Waals surface area contributed by atoms with Crippen LogP contribution in [-0.2, 0) is 30.2 Å². The van der Waals surface area contributed by atoms with Crippen LogP contribution in [0.15, 0.2) is 42.5 Å². The van der Waals surface area contributed by atoms with Gasteiger partial charge in [-0.05, 0) is 76.1 Å². The molecule has 3 amide bonds. The van der Waals surface area contributed by atoms with Crippen LogP contribution in [0.1, 0.15) is 50.0 Å². The van der Waals surface area contributed by atoms with E-state index in [1.54, 1.807) is 76.0 Å². The molecule has 12 heteroatoms. The lowest BCUT2D eigenvalue weighted by atomic mass is 10.0. The van der Waals surface area contributed by atoms with Crippen LogP contribution < -0.4 is 14.8 Å². The Bertz CT molecular complexity index is 1360. The van der Waals surface area contributed by atoms with Crippen LogP contribution in [0.25, 0.3) is 0 Å². The number of nitrogens with one attached hydrogen (secondary N) is 1. The van der Waals surface area contributed by atoms with Crippen molar-refractivity contribution in [3.05, 3.63) is 53.6 Å². The molecule has 3 unspecified atom stereocenters. The quantitative estimate of drug-likeness (QED) is 0.400. The van der Waals surface area contributed by atoms with Crippen LogP contribution in [0.2, 0.25) is 0 Å². The minimum Gasteiger partial charge on any atom is -0.493 e. The second kappa shape index (κ2) is 14.0.